The second-order valence-electron chi connectivity index (χ2n) is 3.44. The summed E-state index contributed by atoms with van der Waals surface area (Å²) in [6, 6.07) is 4.02. The summed E-state index contributed by atoms with van der Waals surface area (Å²) in [5.41, 5.74) is 1.18. The molecule has 0 aliphatic carbocycles. The highest BCUT2D eigenvalue weighted by atomic mass is 32.2. The summed E-state index contributed by atoms with van der Waals surface area (Å²) in [7, 11) is 0. The van der Waals surface area contributed by atoms with E-state index in [9.17, 15) is 0 Å². The number of aromatic nitrogens is 1. The molecule has 0 amide bonds. The highest BCUT2D eigenvalue weighted by Crippen LogP contribution is 2.53. The first-order valence-corrected chi connectivity index (χ1v) is 8.73. The van der Waals surface area contributed by atoms with E-state index in [-0.39, 0.29) is 0 Å². The Bertz CT molecular complexity index is 548. The molecule has 3 rings (SSSR count). The molecule has 0 saturated heterocycles. The molecule has 1 nitrogen and oxygen atoms in total. The van der Waals surface area contributed by atoms with Crippen molar-refractivity contribution >= 4 is 53.1 Å². The number of rotatable bonds is 2. The van der Waals surface area contributed by atoms with E-state index >= 15 is 0 Å². The predicted molar refractivity (Wildman–Crippen MR) is 87.9 cm³/mol. The summed E-state index contributed by atoms with van der Waals surface area (Å²) in [4.78, 5) is 5.31. The van der Waals surface area contributed by atoms with Crippen LogP contribution in [-0.2, 0) is 0 Å². The molecular weight excluding hydrogens is 298 g/mol. The van der Waals surface area contributed by atoms with E-state index in [2.05, 4.69) is 33.4 Å². The normalized spacial score (nSPS) is 19.0. The minimum Gasteiger partial charge on any atom is -0.265 e. The highest BCUT2D eigenvalue weighted by Gasteiger charge is 2.16. The lowest BCUT2D eigenvalue weighted by atomic mass is 10.2. The van der Waals surface area contributed by atoms with Gasteiger partial charge in [-0.15, -0.1) is 0 Å². The van der Waals surface area contributed by atoms with Crippen LogP contribution in [0.1, 0.15) is 5.56 Å². The molecule has 0 fully saturated rings. The smallest absolute Gasteiger partial charge is 0.0700 e. The fourth-order valence-electron chi connectivity index (χ4n) is 1.39. The molecule has 2 aliphatic heterocycles. The van der Waals surface area contributed by atoms with E-state index in [1.807, 2.05) is 71.6 Å². The molecular formula is C13H9NS4. The van der Waals surface area contributed by atoms with Crippen molar-refractivity contribution in [2.75, 3.05) is 0 Å². The lowest BCUT2D eigenvalue weighted by Gasteiger charge is -1.99. The van der Waals surface area contributed by atoms with Crippen molar-refractivity contribution in [2.24, 2.45) is 0 Å². The van der Waals surface area contributed by atoms with Crippen LogP contribution in [0.25, 0.3) is 6.08 Å². The van der Waals surface area contributed by atoms with Crippen molar-refractivity contribution in [3.63, 3.8) is 0 Å². The second kappa shape index (κ2) is 6.10. The number of thioether (sulfide) groups is 4. The van der Waals surface area contributed by atoms with Gasteiger partial charge in [0.2, 0.25) is 0 Å². The fourth-order valence-corrected chi connectivity index (χ4v) is 5.74. The van der Waals surface area contributed by atoms with Gasteiger partial charge in [-0.2, -0.15) is 0 Å². The van der Waals surface area contributed by atoms with Gasteiger partial charge < -0.3 is 0 Å². The van der Waals surface area contributed by atoms with Gasteiger partial charge in [-0.05, 0) is 40.0 Å². The van der Waals surface area contributed by atoms with Crippen LogP contribution in [0.15, 0.2) is 60.2 Å². The topological polar surface area (TPSA) is 12.9 Å². The Kier molecular flexibility index (Phi) is 4.25. The van der Waals surface area contributed by atoms with Gasteiger partial charge in [0, 0.05) is 17.3 Å². The van der Waals surface area contributed by atoms with E-state index < -0.39 is 0 Å². The van der Waals surface area contributed by atoms with Crippen LogP contribution < -0.4 is 0 Å². The van der Waals surface area contributed by atoms with Crippen LogP contribution in [0.2, 0.25) is 0 Å². The molecule has 18 heavy (non-hydrogen) atoms. The first kappa shape index (κ1) is 12.5. The lowest BCUT2D eigenvalue weighted by Crippen LogP contribution is -1.72. The molecule has 0 saturated carbocycles. The summed E-state index contributed by atoms with van der Waals surface area (Å²) in [5.74, 6) is 0. The Morgan fingerprint density at radius 1 is 0.889 bits per heavy atom. The van der Waals surface area contributed by atoms with Crippen LogP contribution in [-0.4, -0.2) is 4.98 Å². The fraction of sp³-hybridized carbons (Fsp3) is 0. The van der Waals surface area contributed by atoms with Crippen molar-refractivity contribution in [1.29, 1.82) is 0 Å². The van der Waals surface area contributed by atoms with Gasteiger partial charge in [0.1, 0.15) is 0 Å². The average Bonchev–Trinajstić information content (AvgIpc) is 3.08. The molecule has 2 aliphatic rings. The van der Waals surface area contributed by atoms with E-state index in [1.54, 1.807) is 0 Å². The molecule has 0 bridgehead atoms. The molecule has 1 aromatic heterocycles. The Balaban J connectivity index is 1.66. The molecule has 0 atom stereocenters. The number of allylic oxidation sites excluding steroid dienone is 1. The third-order valence-corrected chi connectivity index (χ3v) is 7.22. The van der Waals surface area contributed by atoms with Gasteiger partial charge in [-0.3, -0.25) is 4.98 Å². The van der Waals surface area contributed by atoms with Crippen LogP contribution in [0.5, 0.6) is 0 Å². The minimum atomic E-state index is 1.18. The van der Waals surface area contributed by atoms with Gasteiger partial charge in [0.25, 0.3) is 0 Å². The minimum absolute atomic E-state index is 1.18. The summed E-state index contributed by atoms with van der Waals surface area (Å²) in [6.45, 7) is 0. The quantitative estimate of drug-likeness (QED) is 0.714. The average molecular weight is 307 g/mol. The zero-order valence-electron chi connectivity index (χ0n) is 9.28. The third kappa shape index (κ3) is 3.09. The molecule has 0 radical (unpaired) electrons. The Labute approximate surface area is 123 Å². The van der Waals surface area contributed by atoms with Gasteiger partial charge in [0.15, 0.2) is 0 Å². The Morgan fingerprint density at radius 2 is 1.67 bits per heavy atom. The molecule has 90 valence electrons. The van der Waals surface area contributed by atoms with Crippen molar-refractivity contribution in [3.05, 3.63) is 65.8 Å². The highest BCUT2D eigenvalue weighted by molar-refractivity contribution is 8.33. The largest absolute Gasteiger partial charge is 0.265 e. The monoisotopic (exact) mass is 307 g/mol. The van der Waals surface area contributed by atoms with Gasteiger partial charge in [-0.1, -0.05) is 53.1 Å². The van der Waals surface area contributed by atoms with E-state index in [0.29, 0.717) is 0 Å². The second-order valence-corrected chi connectivity index (χ2v) is 7.75. The summed E-state index contributed by atoms with van der Waals surface area (Å²) >= 11 is 7.29. The summed E-state index contributed by atoms with van der Waals surface area (Å²) < 4.78 is 2.79. The number of nitrogens with zero attached hydrogens (tertiary/aromatic N) is 1. The van der Waals surface area contributed by atoms with Gasteiger partial charge >= 0.3 is 0 Å². The standard InChI is InChI=1S/C13H9NS4/c1(10-3-5-14-6-4-10)2-11-9-17-13(18-11)12-15-7-8-16-12/h1-9H/b2-1+. The molecule has 3 heterocycles. The number of hydrogen-bond donors (Lipinski definition) is 0. The van der Waals surface area contributed by atoms with Crippen LogP contribution >= 0.6 is 47.0 Å². The summed E-state index contributed by atoms with van der Waals surface area (Å²) in [5, 5.41) is 6.49. The maximum absolute atomic E-state index is 4.01. The molecule has 0 spiro atoms. The van der Waals surface area contributed by atoms with Crippen molar-refractivity contribution in [1.82, 2.24) is 4.98 Å². The van der Waals surface area contributed by atoms with E-state index in [1.165, 1.54) is 18.9 Å². The first-order valence-electron chi connectivity index (χ1n) is 5.27. The maximum Gasteiger partial charge on any atom is 0.0700 e. The zero-order chi connectivity index (χ0) is 12.2. The van der Waals surface area contributed by atoms with Crippen LogP contribution in [0.4, 0.5) is 0 Å². The molecule has 5 heteroatoms. The Morgan fingerprint density at radius 3 is 2.44 bits per heavy atom. The van der Waals surface area contributed by atoms with Gasteiger partial charge in [0.05, 0.1) is 8.47 Å². The third-order valence-electron chi connectivity index (χ3n) is 2.21. The molecule has 0 unspecified atom stereocenters. The van der Waals surface area contributed by atoms with Crippen molar-refractivity contribution < 1.29 is 0 Å². The molecule has 0 N–H and O–H groups in total. The van der Waals surface area contributed by atoms with E-state index in [4.69, 9.17) is 0 Å². The van der Waals surface area contributed by atoms with Crippen molar-refractivity contribution in [2.45, 2.75) is 0 Å². The van der Waals surface area contributed by atoms with Crippen LogP contribution in [0, 0.1) is 0 Å². The zero-order valence-corrected chi connectivity index (χ0v) is 12.5. The van der Waals surface area contributed by atoms with Crippen LogP contribution in [0.3, 0.4) is 0 Å². The number of pyridine rings is 1. The maximum atomic E-state index is 4.01. The lowest BCUT2D eigenvalue weighted by molar-refractivity contribution is 1.32. The molecule has 1 aromatic rings. The SMILES string of the molecule is C1=CSC(=C2SC=C(/C=C/c3ccncc3)S2)S1. The first-order chi connectivity index (χ1) is 8.92. The molecule has 0 aromatic carbocycles. The van der Waals surface area contributed by atoms with Gasteiger partial charge in [-0.25, -0.2) is 0 Å². The van der Waals surface area contributed by atoms with Crippen molar-refractivity contribution in [3.8, 4) is 0 Å². The van der Waals surface area contributed by atoms with E-state index in [0.717, 1.165) is 0 Å². The predicted octanol–water partition coefficient (Wildman–Crippen LogP) is 5.49. The summed E-state index contributed by atoms with van der Waals surface area (Å²) in [6.07, 6.45) is 7.92. The Hall–Kier alpha value is -0.490. The number of hydrogen-bond acceptors (Lipinski definition) is 5.